The van der Waals surface area contributed by atoms with Crippen LogP contribution < -0.4 is 15.4 Å². The summed E-state index contributed by atoms with van der Waals surface area (Å²) >= 11 is 3.47. The Balaban J connectivity index is 1.60. The van der Waals surface area contributed by atoms with Gasteiger partial charge in [0.15, 0.2) is 0 Å². The first kappa shape index (κ1) is 18.2. The maximum atomic E-state index is 11.9. The first-order valence-electron chi connectivity index (χ1n) is 8.21. The number of halogens is 1. The van der Waals surface area contributed by atoms with Crippen LogP contribution in [-0.4, -0.2) is 57.2 Å². The number of carbonyl (C=O) groups excluding carboxylic acids is 1. The number of nitrogens with one attached hydrogen (secondary N) is 2. The fourth-order valence-electron chi connectivity index (χ4n) is 2.68. The van der Waals surface area contributed by atoms with Crippen molar-refractivity contribution in [1.82, 2.24) is 15.5 Å². The van der Waals surface area contributed by atoms with Crippen molar-refractivity contribution in [2.24, 2.45) is 0 Å². The van der Waals surface area contributed by atoms with E-state index in [4.69, 9.17) is 4.74 Å². The van der Waals surface area contributed by atoms with Crippen LogP contribution in [0, 0.1) is 0 Å². The van der Waals surface area contributed by atoms with Crippen LogP contribution >= 0.6 is 15.9 Å². The molecule has 0 saturated carbocycles. The molecule has 5 nitrogen and oxygen atoms in total. The Morgan fingerprint density at radius 1 is 1.39 bits per heavy atom. The standard InChI is InChI=1S/C17H26BrN3O2/c1-23-16-5-3-14(13-15(16)18)4-6-17(22)20-7-2-10-21-11-8-19-9-12-21/h3,5,13,19H,2,4,6-12H2,1H3,(H,20,22). The summed E-state index contributed by atoms with van der Waals surface area (Å²) in [5, 5.41) is 6.36. The SMILES string of the molecule is COc1ccc(CCC(=O)NCCCN2CCNCC2)cc1Br. The number of aryl methyl sites for hydroxylation is 1. The van der Waals surface area contributed by atoms with Gasteiger partial charge in [-0.1, -0.05) is 6.07 Å². The van der Waals surface area contributed by atoms with Crippen LogP contribution in [0.5, 0.6) is 5.75 Å². The number of methoxy groups -OCH3 is 1. The number of benzene rings is 1. The van der Waals surface area contributed by atoms with Crippen LogP contribution in [0.25, 0.3) is 0 Å². The fraction of sp³-hybridized carbons (Fsp3) is 0.588. The minimum Gasteiger partial charge on any atom is -0.496 e. The van der Waals surface area contributed by atoms with Crippen molar-refractivity contribution in [3.05, 3.63) is 28.2 Å². The zero-order valence-electron chi connectivity index (χ0n) is 13.7. The molecule has 0 aliphatic carbocycles. The molecule has 128 valence electrons. The van der Waals surface area contributed by atoms with E-state index in [0.717, 1.165) is 67.9 Å². The number of hydrogen-bond donors (Lipinski definition) is 2. The Bertz CT molecular complexity index is 505. The van der Waals surface area contributed by atoms with Crippen molar-refractivity contribution < 1.29 is 9.53 Å². The number of ether oxygens (including phenoxy) is 1. The number of piperazine rings is 1. The third kappa shape index (κ3) is 6.49. The molecule has 0 bridgehead atoms. The van der Waals surface area contributed by atoms with Crippen molar-refractivity contribution in [2.45, 2.75) is 19.3 Å². The predicted molar refractivity (Wildman–Crippen MR) is 96.0 cm³/mol. The van der Waals surface area contributed by atoms with Crippen molar-refractivity contribution in [3.8, 4) is 5.75 Å². The fourth-order valence-corrected chi connectivity index (χ4v) is 3.26. The van der Waals surface area contributed by atoms with E-state index in [-0.39, 0.29) is 5.91 Å². The van der Waals surface area contributed by atoms with Crippen molar-refractivity contribution in [3.63, 3.8) is 0 Å². The Morgan fingerprint density at radius 3 is 2.87 bits per heavy atom. The van der Waals surface area contributed by atoms with Gasteiger partial charge in [-0.15, -0.1) is 0 Å². The highest BCUT2D eigenvalue weighted by molar-refractivity contribution is 9.10. The molecule has 23 heavy (non-hydrogen) atoms. The summed E-state index contributed by atoms with van der Waals surface area (Å²) in [5.74, 6) is 0.934. The first-order chi connectivity index (χ1) is 11.2. The zero-order chi connectivity index (χ0) is 16.5. The van der Waals surface area contributed by atoms with Gasteiger partial charge < -0.3 is 20.3 Å². The van der Waals surface area contributed by atoms with Crippen molar-refractivity contribution >= 4 is 21.8 Å². The van der Waals surface area contributed by atoms with Gasteiger partial charge in [0, 0.05) is 39.1 Å². The van der Waals surface area contributed by atoms with Gasteiger partial charge in [-0.3, -0.25) is 4.79 Å². The molecule has 1 aliphatic rings. The molecule has 0 atom stereocenters. The van der Waals surface area contributed by atoms with E-state index in [9.17, 15) is 4.79 Å². The summed E-state index contributed by atoms with van der Waals surface area (Å²) in [6, 6.07) is 5.93. The first-order valence-corrected chi connectivity index (χ1v) is 9.00. The molecule has 0 unspecified atom stereocenters. The van der Waals surface area contributed by atoms with Gasteiger partial charge in [-0.05, 0) is 53.0 Å². The minimum absolute atomic E-state index is 0.122. The van der Waals surface area contributed by atoms with Gasteiger partial charge in [0.05, 0.1) is 11.6 Å². The van der Waals surface area contributed by atoms with Crippen molar-refractivity contribution in [2.75, 3.05) is 46.4 Å². The second kappa shape index (κ2) is 9.90. The third-order valence-corrected chi connectivity index (χ3v) is 4.66. The Morgan fingerprint density at radius 2 is 2.17 bits per heavy atom. The van der Waals surface area contributed by atoms with Crippen LogP contribution in [0.1, 0.15) is 18.4 Å². The lowest BCUT2D eigenvalue weighted by molar-refractivity contribution is -0.121. The minimum atomic E-state index is 0.122. The maximum absolute atomic E-state index is 11.9. The van der Waals surface area contributed by atoms with Gasteiger partial charge in [0.1, 0.15) is 5.75 Å². The number of nitrogens with zero attached hydrogens (tertiary/aromatic N) is 1. The number of carbonyl (C=O) groups is 1. The van der Waals surface area contributed by atoms with Crippen molar-refractivity contribution in [1.29, 1.82) is 0 Å². The van der Waals surface area contributed by atoms with E-state index in [1.165, 1.54) is 0 Å². The molecule has 2 N–H and O–H groups in total. The van der Waals surface area contributed by atoms with Crippen LogP contribution in [0.2, 0.25) is 0 Å². The molecule has 1 saturated heterocycles. The van der Waals surface area contributed by atoms with E-state index in [1.807, 2.05) is 18.2 Å². The topological polar surface area (TPSA) is 53.6 Å². The highest BCUT2D eigenvalue weighted by Crippen LogP contribution is 2.25. The van der Waals surface area contributed by atoms with Crippen LogP contribution in [0.3, 0.4) is 0 Å². The lowest BCUT2D eigenvalue weighted by Gasteiger charge is -2.27. The lowest BCUT2D eigenvalue weighted by atomic mass is 10.1. The second-order valence-electron chi connectivity index (χ2n) is 5.76. The largest absolute Gasteiger partial charge is 0.496 e. The predicted octanol–water partition coefficient (Wildman–Crippen LogP) is 1.80. The van der Waals surface area contributed by atoms with Gasteiger partial charge in [-0.2, -0.15) is 0 Å². The zero-order valence-corrected chi connectivity index (χ0v) is 15.3. The Kier molecular flexibility index (Phi) is 7.85. The second-order valence-corrected chi connectivity index (χ2v) is 6.62. The van der Waals surface area contributed by atoms with Crippen LogP contribution in [0.4, 0.5) is 0 Å². The van der Waals surface area contributed by atoms with Gasteiger partial charge in [0.2, 0.25) is 5.91 Å². The van der Waals surface area contributed by atoms with Gasteiger partial charge in [-0.25, -0.2) is 0 Å². The molecule has 1 aromatic carbocycles. The molecule has 1 heterocycles. The Labute approximate surface area is 146 Å². The third-order valence-electron chi connectivity index (χ3n) is 4.04. The highest BCUT2D eigenvalue weighted by atomic mass is 79.9. The number of hydrogen-bond acceptors (Lipinski definition) is 4. The summed E-state index contributed by atoms with van der Waals surface area (Å²) in [6.07, 6.45) is 2.28. The maximum Gasteiger partial charge on any atom is 0.220 e. The normalized spacial score (nSPS) is 15.4. The average Bonchev–Trinajstić information content (AvgIpc) is 2.58. The van der Waals surface area contributed by atoms with E-state index in [1.54, 1.807) is 7.11 Å². The lowest BCUT2D eigenvalue weighted by Crippen LogP contribution is -2.44. The molecule has 1 aromatic rings. The summed E-state index contributed by atoms with van der Waals surface area (Å²) < 4.78 is 6.13. The smallest absolute Gasteiger partial charge is 0.220 e. The van der Waals surface area contributed by atoms with E-state index >= 15 is 0 Å². The molecular weight excluding hydrogens is 358 g/mol. The van der Waals surface area contributed by atoms with E-state index < -0.39 is 0 Å². The molecular formula is C17H26BrN3O2. The van der Waals surface area contributed by atoms with Gasteiger partial charge >= 0.3 is 0 Å². The molecule has 0 spiro atoms. The average molecular weight is 384 g/mol. The molecule has 1 fully saturated rings. The quantitative estimate of drug-likeness (QED) is 0.672. The molecule has 0 aromatic heterocycles. The molecule has 0 radical (unpaired) electrons. The molecule has 6 heteroatoms. The Hall–Kier alpha value is -1.11. The molecule has 1 amide bonds. The number of rotatable bonds is 8. The number of amides is 1. The summed E-state index contributed by atoms with van der Waals surface area (Å²) in [7, 11) is 1.65. The van der Waals surface area contributed by atoms with Crippen LogP contribution in [0.15, 0.2) is 22.7 Å². The van der Waals surface area contributed by atoms with Crippen LogP contribution in [-0.2, 0) is 11.2 Å². The summed E-state index contributed by atoms with van der Waals surface area (Å²) in [4.78, 5) is 14.3. The van der Waals surface area contributed by atoms with Gasteiger partial charge in [0.25, 0.3) is 0 Å². The highest BCUT2D eigenvalue weighted by Gasteiger charge is 2.09. The summed E-state index contributed by atoms with van der Waals surface area (Å²) in [5.41, 5.74) is 1.13. The monoisotopic (exact) mass is 383 g/mol. The molecule has 2 rings (SSSR count). The summed E-state index contributed by atoms with van der Waals surface area (Å²) in [6.45, 7) is 6.19. The van der Waals surface area contributed by atoms with E-state index in [0.29, 0.717) is 6.42 Å². The van der Waals surface area contributed by atoms with E-state index in [2.05, 4.69) is 31.5 Å². The molecule has 1 aliphatic heterocycles.